The maximum atomic E-state index is 12.3. The topological polar surface area (TPSA) is 210 Å². The molecule has 2 heterocycles. The molecule has 3 aliphatic rings. The lowest BCUT2D eigenvalue weighted by Gasteiger charge is -2.61. The molecule has 2 fully saturated rings. The highest BCUT2D eigenvalue weighted by atomic mass is 32.2. The number of aliphatic hydroxyl groups is 6. The van der Waals surface area contributed by atoms with Crippen LogP contribution in [0.2, 0.25) is 0 Å². The SMILES string of the molecule is C=C(/C=C(\C=C(/CSNc1noc2c1CC1(CC1)c1ccc(N3C(O)(O)C(O)(O)C3(O)O)cc1-2)OC)C(=O)NC)OC. The van der Waals surface area contributed by atoms with Crippen LogP contribution in [0.15, 0.2) is 58.5 Å². The normalized spacial score (nSPS) is 20.6. The maximum Gasteiger partial charge on any atom is 0.318 e. The first-order chi connectivity index (χ1) is 19.7. The van der Waals surface area contributed by atoms with E-state index in [1.54, 1.807) is 12.1 Å². The van der Waals surface area contributed by atoms with E-state index in [1.807, 2.05) is 0 Å². The Morgan fingerprint density at radius 3 is 2.43 bits per heavy atom. The second kappa shape index (κ2) is 10.3. The molecule has 2 aromatic rings. The average Bonchev–Trinajstić information content (AvgIpc) is 3.61. The summed E-state index contributed by atoms with van der Waals surface area (Å²) in [5.41, 5.74) is 2.24. The number of nitrogens with zero attached hydrogens (tertiary/aromatic N) is 2. The van der Waals surface area contributed by atoms with Crippen LogP contribution in [0.25, 0.3) is 11.3 Å². The van der Waals surface area contributed by atoms with E-state index in [4.69, 9.17) is 14.0 Å². The minimum absolute atomic E-state index is 0.0996. The van der Waals surface area contributed by atoms with E-state index in [0.29, 0.717) is 40.8 Å². The molecule has 15 heteroatoms. The summed E-state index contributed by atoms with van der Waals surface area (Å²) in [6.07, 6.45) is 5.47. The molecule has 1 spiro atoms. The van der Waals surface area contributed by atoms with Crippen molar-refractivity contribution in [3.8, 4) is 11.3 Å². The minimum atomic E-state index is -3.62. The third-order valence-corrected chi connectivity index (χ3v) is 8.59. The fourth-order valence-corrected chi connectivity index (χ4v) is 5.95. The number of fused-ring (bicyclic) bond motifs is 4. The van der Waals surface area contributed by atoms with Crippen LogP contribution in [-0.2, 0) is 26.1 Å². The van der Waals surface area contributed by atoms with Gasteiger partial charge in [0.2, 0.25) is 0 Å². The number of hydrogen-bond donors (Lipinski definition) is 8. The zero-order valence-corrected chi connectivity index (χ0v) is 23.9. The number of allylic oxidation sites excluding steroid dienone is 1. The Labute approximate surface area is 244 Å². The smallest absolute Gasteiger partial charge is 0.318 e. The fraction of sp³-hybridized carbons (Fsp3) is 0.407. The summed E-state index contributed by atoms with van der Waals surface area (Å²) in [6.45, 7) is 3.72. The first kappa shape index (κ1) is 29.9. The molecule has 8 N–H and O–H groups in total. The van der Waals surface area contributed by atoms with E-state index in [-0.39, 0.29) is 27.5 Å². The number of carbonyl (C=O) groups excluding carboxylic acids is 1. The molecule has 2 aliphatic carbocycles. The van der Waals surface area contributed by atoms with Crippen LogP contribution < -0.4 is 14.9 Å². The highest BCUT2D eigenvalue weighted by Crippen LogP contribution is 2.59. The van der Waals surface area contributed by atoms with Crippen molar-refractivity contribution in [2.75, 3.05) is 36.6 Å². The summed E-state index contributed by atoms with van der Waals surface area (Å²) in [5.74, 6) is -8.77. The number of rotatable bonds is 10. The zero-order valence-electron chi connectivity index (χ0n) is 23.0. The summed E-state index contributed by atoms with van der Waals surface area (Å²) in [5, 5.41) is 67.1. The van der Waals surface area contributed by atoms with E-state index >= 15 is 0 Å². The second-order valence-corrected chi connectivity index (χ2v) is 11.1. The first-order valence-electron chi connectivity index (χ1n) is 12.8. The maximum absolute atomic E-state index is 12.3. The molecule has 0 bridgehead atoms. The van der Waals surface area contributed by atoms with Gasteiger partial charge in [-0.15, -0.1) is 0 Å². The van der Waals surface area contributed by atoms with Crippen molar-refractivity contribution in [2.24, 2.45) is 0 Å². The van der Waals surface area contributed by atoms with Crippen LogP contribution in [-0.4, -0.2) is 86.3 Å². The molecule has 0 unspecified atom stereocenters. The standard InChI is InChI=1S/C27H32N4O10S/c1-14(39-3)9-15(23(32)28-2)10-17(40-4)13-42-30-22-19-12-24(7-8-24)20-6-5-16(11-18(20)21(19)41-29-22)31-26(35,36)25(33,34)27(31,37)38/h5-6,9-11,33-38H,1,7-8,12-13H2,2-4H3,(H,28,32)(H,29,30)/b15-9+,17-10+. The lowest BCUT2D eigenvalue weighted by Crippen LogP contribution is -2.92. The molecule has 1 saturated heterocycles. The molecule has 1 aromatic heterocycles. The number of methoxy groups -OCH3 is 2. The van der Waals surface area contributed by atoms with Gasteiger partial charge in [-0.3, -0.25) is 9.69 Å². The van der Waals surface area contributed by atoms with Crippen molar-refractivity contribution >= 4 is 29.4 Å². The van der Waals surface area contributed by atoms with Gasteiger partial charge in [0.05, 0.1) is 20.0 Å². The quantitative estimate of drug-likeness (QED) is 0.0596. The number of anilines is 2. The minimum Gasteiger partial charge on any atom is -0.500 e. The number of carbonyl (C=O) groups is 1. The van der Waals surface area contributed by atoms with Gasteiger partial charge in [-0.05, 0) is 61.1 Å². The monoisotopic (exact) mass is 604 g/mol. The van der Waals surface area contributed by atoms with E-state index in [9.17, 15) is 35.4 Å². The Kier molecular flexibility index (Phi) is 7.34. The van der Waals surface area contributed by atoms with E-state index in [1.165, 1.54) is 51.4 Å². The largest absolute Gasteiger partial charge is 0.500 e. The Morgan fingerprint density at radius 2 is 1.83 bits per heavy atom. The van der Waals surface area contributed by atoms with Gasteiger partial charge in [-0.25, -0.2) is 0 Å². The number of likely N-dealkylation sites (N-methyl/N-ethyl adjacent to an activating group) is 1. The number of aromatic nitrogens is 1. The van der Waals surface area contributed by atoms with Crippen molar-refractivity contribution < 1.29 is 49.4 Å². The molecular weight excluding hydrogens is 572 g/mol. The number of amides is 1. The molecule has 14 nitrogen and oxygen atoms in total. The van der Waals surface area contributed by atoms with Crippen LogP contribution in [0.4, 0.5) is 11.5 Å². The molecule has 1 saturated carbocycles. The van der Waals surface area contributed by atoms with E-state index in [0.717, 1.165) is 24.0 Å². The van der Waals surface area contributed by atoms with Crippen molar-refractivity contribution in [1.29, 1.82) is 0 Å². The Balaban J connectivity index is 1.39. The zero-order chi connectivity index (χ0) is 30.7. The summed E-state index contributed by atoms with van der Waals surface area (Å²) in [4.78, 5) is 12.6. The highest BCUT2D eigenvalue weighted by molar-refractivity contribution is 8.00. The number of ether oxygens (including phenoxy) is 2. The van der Waals surface area contributed by atoms with Crippen LogP contribution in [0, 0.1) is 0 Å². The molecule has 0 atom stereocenters. The van der Waals surface area contributed by atoms with Crippen LogP contribution in [0.5, 0.6) is 0 Å². The summed E-state index contributed by atoms with van der Waals surface area (Å²) in [7, 11) is 4.44. The number of nitrogens with one attached hydrogen (secondary N) is 2. The van der Waals surface area contributed by atoms with Gasteiger partial charge >= 0.3 is 17.6 Å². The lowest BCUT2D eigenvalue weighted by atomic mass is 9.79. The van der Waals surface area contributed by atoms with Crippen molar-refractivity contribution in [3.63, 3.8) is 0 Å². The van der Waals surface area contributed by atoms with Gasteiger partial charge in [0, 0.05) is 34.9 Å². The van der Waals surface area contributed by atoms with Gasteiger partial charge in [-0.2, -0.15) is 0 Å². The Bertz CT molecular complexity index is 1470. The first-order valence-corrected chi connectivity index (χ1v) is 13.8. The second-order valence-electron chi connectivity index (χ2n) is 10.4. The van der Waals surface area contributed by atoms with Gasteiger partial charge in [0.25, 0.3) is 5.91 Å². The molecule has 42 heavy (non-hydrogen) atoms. The van der Waals surface area contributed by atoms with Crippen molar-refractivity contribution in [2.45, 2.75) is 42.3 Å². The lowest BCUT2D eigenvalue weighted by molar-refractivity contribution is -0.523. The Hall–Kier alpha value is -3.57. The molecule has 1 aromatic carbocycles. The van der Waals surface area contributed by atoms with Gasteiger partial charge in [0.1, 0.15) is 11.5 Å². The number of benzene rings is 1. The molecule has 1 amide bonds. The van der Waals surface area contributed by atoms with Gasteiger partial charge in [0.15, 0.2) is 11.6 Å². The molecular formula is C27H32N4O10S. The molecule has 5 rings (SSSR count). The fourth-order valence-electron chi connectivity index (χ4n) is 5.24. The van der Waals surface area contributed by atoms with Crippen molar-refractivity contribution in [1.82, 2.24) is 10.5 Å². The van der Waals surface area contributed by atoms with Crippen LogP contribution in [0.3, 0.4) is 0 Å². The summed E-state index contributed by atoms with van der Waals surface area (Å²) < 4.78 is 19.4. The Morgan fingerprint density at radius 1 is 1.14 bits per heavy atom. The third kappa shape index (κ3) is 4.53. The molecule has 0 radical (unpaired) electrons. The average molecular weight is 605 g/mol. The highest BCUT2D eigenvalue weighted by Gasteiger charge is 2.81. The number of hydrogen-bond acceptors (Lipinski definition) is 14. The predicted molar refractivity (Wildman–Crippen MR) is 150 cm³/mol. The van der Waals surface area contributed by atoms with Gasteiger partial charge < -0.3 is 54.7 Å². The van der Waals surface area contributed by atoms with E-state index < -0.39 is 17.6 Å². The summed E-state index contributed by atoms with van der Waals surface area (Å²) >= 11 is 1.25. The van der Waals surface area contributed by atoms with E-state index in [2.05, 4.69) is 21.8 Å². The predicted octanol–water partition coefficient (Wildman–Crippen LogP) is 0.130. The third-order valence-electron chi connectivity index (χ3n) is 7.82. The summed E-state index contributed by atoms with van der Waals surface area (Å²) in [6, 6.07) is 4.62. The van der Waals surface area contributed by atoms with Crippen molar-refractivity contribution in [3.05, 3.63) is 65.1 Å². The molecule has 226 valence electrons. The molecule has 1 aliphatic heterocycles. The van der Waals surface area contributed by atoms with Crippen LogP contribution >= 0.6 is 11.9 Å². The van der Waals surface area contributed by atoms with Crippen LogP contribution in [0.1, 0.15) is 24.0 Å². The van der Waals surface area contributed by atoms with Gasteiger partial charge in [-0.1, -0.05) is 17.8 Å².